The van der Waals surface area contributed by atoms with E-state index in [2.05, 4.69) is 20.2 Å². The van der Waals surface area contributed by atoms with E-state index in [1.165, 1.54) is 12.1 Å². The molecule has 1 saturated heterocycles. The van der Waals surface area contributed by atoms with Gasteiger partial charge in [-0.1, -0.05) is 24.3 Å². The summed E-state index contributed by atoms with van der Waals surface area (Å²) in [7, 11) is 0. The molecule has 5 rings (SSSR count). The van der Waals surface area contributed by atoms with Gasteiger partial charge in [0.2, 0.25) is 5.91 Å². The molecule has 2 heterocycles. The zero-order valence-electron chi connectivity index (χ0n) is 16.3. The molecule has 1 spiro atoms. The maximum absolute atomic E-state index is 13.5. The second-order valence-electron chi connectivity index (χ2n) is 8.37. The molecule has 1 aliphatic heterocycles. The molecule has 0 bridgehead atoms. The van der Waals surface area contributed by atoms with Gasteiger partial charge in [0.1, 0.15) is 5.82 Å². The number of carbonyl (C=O) groups excluding carboxylic acids is 1. The van der Waals surface area contributed by atoms with Crippen LogP contribution < -0.4 is 10.6 Å². The summed E-state index contributed by atoms with van der Waals surface area (Å²) >= 11 is 0. The van der Waals surface area contributed by atoms with Gasteiger partial charge in [-0.15, -0.1) is 0 Å². The van der Waals surface area contributed by atoms with Crippen molar-refractivity contribution in [1.82, 2.24) is 20.2 Å². The normalized spacial score (nSPS) is 21.2. The minimum atomic E-state index is -0.275. The predicted molar refractivity (Wildman–Crippen MR) is 110 cm³/mol. The lowest BCUT2D eigenvalue weighted by Gasteiger charge is -2.25. The number of rotatable bonds is 5. The Morgan fingerprint density at radius 1 is 1.21 bits per heavy atom. The summed E-state index contributed by atoms with van der Waals surface area (Å²) in [5, 5.41) is 6.64. The first-order chi connectivity index (χ1) is 14.1. The number of piperidine rings is 1. The molecule has 2 aliphatic rings. The Bertz CT molecular complexity index is 1020. The Balaban J connectivity index is 1.38. The van der Waals surface area contributed by atoms with E-state index in [1.54, 1.807) is 18.5 Å². The summed E-state index contributed by atoms with van der Waals surface area (Å²) in [6.45, 7) is 2.54. The predicted octanol–water partition coefficient (Wildman–Crippen LogP) is 3.42. The molecule has 150 valence electrons. The standard InChI is InChI=1S/C23H25FN4O/c24-17-7-5-16(6-8-17)20(14-28-15-26-19-3-1-2-4-21(19)28)27-22(29)18-13-23(18)9-11-25-12-10-23/h1-8,15,18,20,25H,9-14H2,(H,27,29). The molecular formula is C23H25FN4O. The number of nitrogens with one attached hydrogen (secondary N) is 2. The molecule has 6 heteroatoms. The SMILES string of the molecule is O=C(NC(Cn1cnc2ccccc21)c1ccc(F)cc1)C1CC12CCNCC2. The minimum absolute atomic E-state index is 0.0899. The molecule has 1 aliphatic carbocycles. The summed E-state index contributed by atoms with van der Waals surface area (Å²) in [5.41, 5.74) is 3.03. The average molecular weight is 392 g/mol. The third-order valence-corrected chi connectivity index (χ3v) is 6.60. The lowest BCUT2D eigenvalue weighted by Crippen LogP contribution is -2.36. The topological polar surface area (TPSA) is 59.0 Å². The number of hydrogen-bond donors (Lipinski definition) is 2. The van der Waals surface area contributed by atoms with Gasteiger partial charge in [0.25, 0.3) is 0 Å². The van der Waals surface area contributed by atoms with Gasteiger partial charge in [0.15, 0.2) is 0 Å². The van der Waals surface area contributed by atoms with Gasteiger partial charge in [-0.2, -0.15) is 0 Å². The summed E-state index contributed by atoms with van der Waals surface area (Å²) in [4.78, 5) is 17.5. The van der Waals surface area contributed by atoms with Crippen LogP contribution in [0.4, 0.5) is 4.39 Å². The largest absolute Gasteiger partial charge is 0.347 e. The third-order valence-electron chi connectivity index (χ3n) is 6.60. The number of imidazole rings is 1. The van der Waals surface area contributed by atoms with Crippen LogP contribution >= 0.6 is 0 Å². The number of fused-ring (bicyclic) bond motifs is 1. The first-order valence-electron chi connectivity index (χ1n) is 10.3. The van der Waals surface area contributed by atoms with Crippen LogP contribution in [0, 0.1) is 17.2 Å². The molecule has 2 aromatic carbocycles. The van der Waals surface area contributed by atoms with Crippen molar-refractivity contribution in [2.45, 2.75) is 31.8 Å². The highest BCUT2D eigenvalue weighted by Gasteiger charge is 2.57. The van der Waals surface area contributed by atoms with Crippen LogP contribution in [0.5, 0.6) is 0 Å². The van der Waals surface area contributed by atoms with E-state index in [-0.39, 0.29) is 29.1 Å². The second kappa shape index (κ2) is 7.26. The molecule has 3 aromatic rings. The summed E-state index contributed by atoms with van der Waals surface area (Å²) in [5.74, 6) is -0.0690. The Kier molecular flexibility index (Phi) is 4.59. The van der Waals surface area contributed by atoms with Crippen LogP contribution in [0.25, 0.3) is 11.0 Å². The fourth-order valence-corrected chi connectivity index (χ4v) is 4.75. The van der Waals surface area contributed by atoms with Gasteiger partial charge in [-0.3, -0.25) is 4.79 Å². The van der Waals surface area contributed by atoms with Crippen molar-refractivity contribution in [2.75, 3.05) is 13.1 Å². The lowest BCUT2D eigenvalue weighted by atomic mass is 9.91. The monoisotopic (exact) mass is 392 g/mol. The van der Waals surface area contributed by atoms with Crippen molar-refractivity contribution in [3.63, 3.8) is 0 Å². The number of amides is 1. The van der Waals surface area contributed by atoms with Crippen LogP contribution in [-0.2, 0) is 11.3 Å². The van der Waals surface area contributed by atoms with E-state index in [0.29, 0.717) is 6.54 Å². The van der Waals surface area contributed by atoms with Crippen molar-refractivity contribution in [3.05, 3.63) is 66.2 Å². The lowest BCUT2D eigenvalue weighted by molar-refractivity contribution is -0.124. The van der Waals surface area contributed by atoms with Crippen LogP contribution in [0.3, 0.4) is 0 Å². The third kappa shape index (κ3) is 3.53. The van der Waals surface area contributed by atoms with Crippen LogP contribution in [0.1, 0.15) is 30.9 Å². The van der Waals surface area contributed by atoms with E-state index in [9.17, 15) is 9.18 Å². The molecule has 1 amide bonds. The van der Waals surface area contributed by atoms with E-state index >= 15 is 0 Å². The molecule has 2 unspecified atom stereocenters. The van der Waals surface area contributed by atoms with Crippen molar-refractivity contribution >= 4 is 16.9 Å². The van der Waals surface area contributed by atoms with Crippen LogP contribution in [0.15, 0.2) is 54.9 Å². The first-order valence-corrected chi connectivity index (χ1v) is 10.3. The number of para-hydroxylation sites is 2. The van der Waals surface area contributed by atoms with Crippen molar-refractivity contribution < 1.29 is 9.18 Å². The van der Waals surface area contributed by atoms with Crippen LogP contribution in [0.2, 0.25) is 0 Å². The summed E-state index contributed by atoms with van der Waals surface area (Å²) < 4.78 is 15.5. The average Bonchev–Trinajstić information content (AvgIpc) is 3.28. The zero-order valence-corrected chi connectivity index (χ0v) is 16.3. The van der Waals surface area contributed by atoms with E-state index in [0.717, 1.165) is 48.9 Å². The fraction of sp³-hybridized carbons (Fsp3) is 0.391. The highest BCUT2D eigenvalue weighted by atomic mass is 19.1. The van der Waals surface area contributed by atoms with Crippen LogP contribution in [-0.4, -0.2) is 28.5 Å². The molecule has 2 fully saturated rings. The highest BCUT2D eigenvalue weighted by Crippen LogP contribution is 2.58. The number of benzene rings is 2. The number of nitrogens with zero attached hydrogens (tertiary/aromatic N) is 2. The minimum Gasteiger partial charge on any atom is -0.347 e. The second-order valence-corrected chi connectivity index (χ2v) is 8.37. The Morgan fingerprint density at radius 2 is 1.97 bits per heavy atom. The number of halogens is 1. The van der Waals surface area contributed by atoms with Gasteiger partial charge in [0, 0.05) is 12.5 Å². The summed E-state index contributed by atoms with van der Waals surface area (Å²) in [6.07, 6.45) is 4.92. The highest BCUT2D eigenvalue weighted by molar-refractivity contribution is 5.83. The quantitative estimate of drug-likeness (QED) is 0.700. The van der Waals surface area contributed by atoms with E-state index in [4.69, 9.17) is 0 Å². The molecule has 5 nitrogen and oxygen atoms in total. The maximum Gasteiger partial charge on any atom is 0.224 e. The van der Waals surface area contributed by atoms with Crippen molar-refractivity contribution in [1.29, 1.82) is 0 Å². The Hall–Kier alpha value is -2.73. The molecule has 2 N–H and O–H groups in total. The van der Waals surface area contributed by atoms with Gasteiger partial charge in [0.05, 0.1) is 23.4 Å². The van der Waals surface area contributed by atoms with Gasteiger partial charge in [-0.25, -0.2) is 9.37 Å². The van der Waals surface area contributed by atoms with Crippen molar-refractivity contribution in [2.24, 2.45) is 11.3 Å². The molecule has 1 saturated carbocycles. The van der Waals surface area contributed by atoms with Gasteiger partial charge >= 0.3 is 0 Å². The Morgan fingerprint density at radius 3 is 2.76 bits per heavy atom. The zero-order chi connectivity index (χ0) is 19.8. The maximum atomic E-state index is 13.5. The molecule has 2 atom stereocenters. The molecule has 29 heavy (non-hydrogen) atoms. The number of carbonyl (C=O) groups is 1. The molecule has 1 aromatic heterocycles. The molecular weight excluding hydrogens is 367 g/mol. The summed E-state index contributed by atoms with van der Waals surface area (Å²) in [6, 6.07) is 14.1. The number of aromatic nitrogens is 2. The first kappa shape index (κ1) is 18.3. The smallest absolute Gasteiger partial charge is 0.224 e. The van der Waals surface area contributed by atoms with Crippen molar-refractivity contribution in [3.8, 4) is 0 Å². The van der Waals surface area contributed by atoms with E-state index in [1.807, 2.05) is 24.3 Å². The Labute approximate surface area is 169 Å². The number of hydrogen-bond acceptors (Lipinski definition) is 3. The fourth-order valence-electron chi connectivity index (χ4n) is 4.75. The van der Waals surface area contributed by atoms with Gasteiger partial charge < -0.3 is 15.2 Å². The molecule has 0 radical (unpaired) electrons. The van der Waals surface area contributed by atoms with Gasteiger partial charge in [-0.05, 0) is 67.6 Å². The van der Waals surface area contributed by atoms with E-state index < -0.39 is 0 Å².